The van der Waals surface area contributed by atoms with Gasteiger partial charge in [0.15, 0.2) is 0 Å². The summed E-state index contributed by atoms with van der Waals surface area (Å²) in [6, 6.07) is 14.2. The van der Waals surface area contributed by atoms with Crippen LogP contribution in [0.2, 0.25) is 0 Å². The van der Waals surface area contributed by atoms with Crippen LogP contribution in [-0.4, -0.2) is 31.6 Å². The second-order valence-electron chi connectivity index (χ2n) is 6.61. The van der Waals surface area contributed by atoms with Gasteiger partial charge in [0, 0.05) is 18.3 Å². The second-order valence-corrected chi connectivity index (χ2v) is 8.19. The van der Waals surface area contributed by atoms with E-state index in [-0.39, 0.29) is 17.8 Å². The van der Waals surface area contributed by atoms with Gasteiger partial charge in [0.1, 0.15) is 5.75 Å². The standard InChI is InChI=1S/C20H26N2O4S/c1-5-16(3)22(20(23)21-18-10-6-15(2)7-11-18)14-17-8-12-19(13-9-17)26-27(4,24)25/h6-13,16H,5,14H2,1-4H3,(H,21,23)/t16-/m0/s1. The molecule has 0 fully saturated rings. The van der Waals surface area contributed by atoms with E-state index < -0.39 is 10.1 Å². The van der Waals surface area contributed by atoms with Crippen LogP contribution in [0.3, 0.4) is 0 Å². The first-order chi connectivity index (χ1) is 12.7. The van der Waals surface area contributed by atoms with Crippen molar-refractivity contribution in [3.05, 3.63) is 59.7 Å². The maximum atomic E-state index is 12.8. The molecule has 6 nitrogen and oxygen atoms in total. The van der Waals surface area contributed by atoms with Crippen molar-refractivity contribution >= 4 is 21.8 Å². The summed E-state index contributed by atoms with van der Waals surface area (Å²) in [5.74, 6) is 0.250. The molecule has 0 heterocycles. The lowest BCUT2D eigenvalue weighted by Crippen LogP contribution is -2.40. The van der Waals surface area contributed by atoms with E-state index in [2.05, 4.69) is 5.32 Å². The number of hydrogen-bond acceptors (Lipinski definition) is 4. The Morgan fingerprint density at radius 3 is 2.22 bits per heavy atom. The third kappa shape index (κ3) is 6.60. The summed E-state index contributed by atoms with van der Waals surface area (Å²) in [6.45, 7) is 6.43. The van der Waals surface area contributed by atoms with Crippen LogP contribution in [0.15, 0.2) is 48.5 Å². The molecule has 0 aliphatic heterocycles. The highest BCUT2D eigenvalue weighted by molar-refractivity contribution is 7.86. The van der Waals surface area contributed by atoms with E-state index in [9.17, 15) is 13.2 Å². The highest BCUT2D eigenvalue weighted by atomic mass is 32.2. The van der Waals surface area contributed by atoms with Crippen LogP contribution in [0.5, 0.6) is 5.75 Å². The number of urea groups is 1. The number of carbonyl (C=O) groups excluding carboxylic acids is 1. The van der Waals surface area contributed by atoms with Gasteiger partial charge in [-0.15, -0.1) is 0 Å². The van der Waals surface area contributed by atoms with E-state index in [0.29, 0.717) is 6.54 Å². The van der Waals surface area contributed by atoms with Crippen molar-refractivity contribution in [3.63, 3.8) is 0 Å². The molecule has 0 spiro atoms. The van der Waals surface area contributed by atoms with Crippen molar-refractivity contribution < 1.29 is 17.4 Å². The third-order valence-electron chi connectivity index (χ3n) is 4.21. The lowest BCUT2D eigenvalue weighted by molar-refractivity contribution is 0.187. The molecule has 2 rings (SSSR count). The molecule has 0 bridgehead atoms. The molecule has 1 atom stereocenters. The van der Waals surface area contributed by atoms with E-state index in [1.54, 1.807) is 29.2 Å². The predicted molar refractivity (Wildman–Crippen MR) is 107 cm³/mol. The molecule has 0 aliphatic carbocycles. The molecule has 2 aromatic rings. The Balaban J connectivity index is 2.11. The highest BCUT2D eigenvalue weighted by Crippen LogP contribution is 2.18. The molecule has 146 valence electrons. The fraction of sp³-hybridized carbons (Fsp3) is 0.350. The maximum Gasteiger partial charge on any atom is 0.322 e. The van der Waals surface area contributed by atoms with E-state index in [0.717, 1.165) is 29.5 Å². The monoisotopic (exact) mass is 390 g/mol. The highest BCUT2D eigenvalue weighted by Gasteiger charge is 2.19. The van der Waals surface area contributed by atoms with Gasteiger partial charge in [0.2, 0.25) is 0 Å². The van der Waals surface area contributed by atoms with Gasteiger partial charge in [-0.3, -0.25) is 0 Å². The zero-order valence-corrected chi connectivity index (χ0v) is 16.9. The Hall–Kier alpha value is -2.54. The van der Waals surface area contributed by atoms with Crippen LogP contribution in [0.25, 0.3) is 0 Å². The Morgan fingerprint density at radius 1 is 1.11 bits per heavy atom. The van der Waals surface area contributed by atoms with Crippen LogP contribution >= 0.6 is 0 Å². The first-order valence-electron chi connectivity index (χ1n) is 8.80. The molecule has 0 unspecified atom stereocenters. The van der Waals surface area contributed by atoms with Gasteiger partial charge < -0.3 is 14.4 Å². The summed E-state index contributed by atoms with van der Waals surface area (Å²) in [5.41, 5.74) is 2.76. The average molecular weight is 391 g/mol. The van der Waals surface area contributed by atoms with Crippen LogP contribution in [-0.2, 0) is 16.7 Å². The zero-order chi connectivity index (χ0) is 20.0. The van der Waals surface area contributed by atoms with Gasteiger partial charge in [-0.1, -0.05) is 36.8 Å². The number of anilines is 1. The van der Waals surface area contributed by atoms with Crippen molar-refractivity contribution in [3.8, 4) is 5.75 Å². The van der Waals surface area contributed by atoms with Crippen molar-refractivity contribution in [1.82, 2.24) is 4.90 Å². The molecule has 0 aliphatic rings. The maximum absolute atomic E-state index is 12.8. The topological polar surface area (TPSA) is 75.7 Å². The van der Waals surface area contributed by atoms with E-state index >= 15 is 0 Å². The first kappa shape index (κ1) is 20.8. The number of amides is 2. The molecule has 2 aromatic carbocycles. The van der Waals surface area contributed by atoms with Crippen LogP contribution in [0.4, 0.5) is 10.5 Å². The Kier molecular flexibility index (Phi) is 6.85. The number of nitrogens with zero attached hydrogens (tertiary/aromatic N) is 1. The Bertz CT molecular complexity index is 862. The average Bonchev–Trinajstić information content (AvgIpc) is 2.61. The fourth-order valence-corrected chi connectivity index (χ4v) is 2.96. The zero-order valence-electron chi connectivity index (χ0n) is 16.1. The molecule has 0 saturated carbocycles. The van der Waals surface area contributed by atoms with Crippen LogP contribution in [0.1, 0.15) is 31.4 Å². The van der Waals surface area contributed by atoms with Crippen molar-refractivity contribution in [2.24, 2.45) is 0 Å². The van der Waals surface area contributed by atoms with E-state index in [1.165, 1.54) is 0 Å². The first-order valence-corrected chi connectivity index (χ1v) is 10.6. The summed E-state index contributed by atoms with van der Waals surface area (Å²) in [5, 5.41) is 2.93. The van der Waals surface area contributed by atoms with Gasteiger partial charge in [-0.25, -0.2) is 4.79 Å². The molecule has 0 radical (unpaired) electrons. The number of benzene rings is 2. The Morgan fingerprint density at radius 2 is 1.70 bits per heavy atom. The minimum atomic E-state index is -3.56. The summed E-state index contributed by atoms with van der Waals surface area (Å²) < 4.78 is 27.2. The van der Waals surface area contributed by atoms with Gasteiger partial charge >= 0.3 is 16.1 Å². The quantitative estimate of drug-likeness (QED) is 0.720. The summed E-state index contributed by atoms with van der Waals surface area (Å²) in [7, 11) is -3.56. The Labute approximate surface area is 161 Å². The van der Waals surface area contributed by atoms with Crippen LogP contribution < -0.4 is 9.50 Å². The number of aryl methyl sites for hydroxylation is 1. The normalized spacial score (nSPS) is 12.3. The molecule has 0 saturated heterocycles. The van der Waals surface area contributed by atoms with E-state index in [4.69, 9.17) is 4.18 Å². The van der Waals surface area contributed by atoms with Crippen LogP contribution in [0, 0.1) is 6.92 Å². The minimum Gasteiger partial charge on any atom is -0.383 e. The summed E-state index contributed by atoms with van der Waals surface area (Å²) >= 11 is 0. The lowest BCUT2D eigenvalue weighted by Gasteiger charge is -2.29. The van der Waals surface area contributed by atoms with Crippen molar-refractivity contribution in [1.29, 1.82) is 0 Å². The molecule has 2 amide bonds. The summed E-state index contributed by atoms with van der Waals surface area (Å²) in [4.78, 5) is 14.5. The molecule has 7 heteroatoms. The van der Waals surface area contributed by atoms with Gasteiger partial charge in [-0.05, 0) is 50.1 Å². The molecular weight excluding hydrogens is 364 g/mol. The molecule has 27 heavy (non-hydrogen) atoms. The number of nitrogens with one attached hydrogen (secondary N) is 1. The number of hydrogen-bond donors (Lipinski definition) is 1. The molecule has 0 aromatic heterocycles. The minimum absolute atomic E-state index is 0.0439. The molecular formula is C20H26N2O4S. The van der Waals surface area contributed by atoms with Gasteiger partial charge in [0.05, 0.1) is 6.26 Å². The summed E-state index contributed by atoms with van der Waals surface area (Å²) in [6.07, 6.45) is 1.82. The SMILES string of the molecule is CC[C@H](C)N(Cc1ccc(OS(C)(=O)=O)cc1)C(=O)Nc1ccc(C)cc1. The van der Waals surface area contributed by atoms with Crippen molar-refractivity contribution in [2.45, 2.75) is 39.8 Å². The van der Waals surface area contributed by atoms with Gasteiger partial charge in [-0.2, -0.15) is 8.42 Å². The molecule has 1 N–H and O–H groups in total. The third-order valence-corrected chi connectivity index (χ3v) is 4.71. The number of carbonyl (C=O) groups is 1. The van der Waals surface area contributed by atoms with Crippen molar-refractivity contribution in [2.75, 3.05) is 11.6 Å². The predicted octanol–water partition coefficient (Wildman–Crippen LogP) is 4.17. The lowest BCUT2D eigenvalue weighted by atomic mass is 10.1. The smallest absolute Gasteiger partial charge is 0.322 e. The van der Waals surface area contributed by atoms with Gasteiger partial charge in [0.25, 0.3) is 0 Å². The fourth-order valence-electron chi connectivity index (χ4n) is 2.50. The number of rotatable bonds is 7. The largest absolute Gasteiger partial charge is 0.383 e. The van der Waals surface area contributed by atoms with E-state index in [1.807, 2.05) is 45.0 Å². The second kappa shape index (κ2) is 8.90.